The largest absolute Gasteiger partial charge is 0.543 e. The Morgan fingerprint density at radius 3 is 2.00 bits per heavy atom. The highest BCUT2D eigenvalue weighted by Crippen LogP contribution is 2.14. The summed E-state index contributed by atoms with van der Waals surface area (Å²) in [6.45, 7) is 5.14. The molecule has 0 fully saturated rings. The van der Waals surface area contributed by atoms with Gasteiger partial charge in [0.05, 0.1) is 23.8 Å². The number of ether oxygens (including phenoxy) is 2. The zero-order valence-corrected chi connectivity index (χ0v) is 17.7. The van der Waals surface area contributed by atoms with E-state index in [0.29, 0.717) is 12.4 Å². The number of unbranched alkanes of at least 4 members (excludes halogenated alkanes) is 8. The summed E-state index contributed by atoms with van der Waals surface area (Å²) in [7, 11) is 0. The minimum atomic E-state index is -1.04. The Morgan fingerprint density at radius 1 is 0.724 bits per heavy atom. The number of carbonyl (C=O) groups excluding carboxylic acids is 2. The van der Waals surface area contributed by atoms with E-state index in [-0.39, 0.29) is 12.2 Å². The Morgan fingerprint density at radius 2 is 1.34 bits per heavy atom. The van der Waals surface area contributed by atoms with Crippen LogP contribution in [-0.4, -0.2) is 25.3 Å². The third kappa shape index (κ3) is 12.7. The van der Waals surface area contributed by atoms with Crippen LogP contribution in [0.25, 0.3) is 0 Å². The smallest absolute Gasteiger partial charge is 0.494 e. The first-order valence-corrected chi connectivity index (χ1v) is 10.6. The Kier molecular flexibility index (Phi) is 14.2. The number of hydrogen-bond donors (Lipinski definition) is 0. The van der Waals surface area contributed by atoms with E-state index < -0.39 is 12.1 Å². The summed E-state index contributed by atoms with van der Waals surface area (Å²) < 4.78 is 10.4. The van der Waals surface area contributed by atoms with Crippen molar-refractivity contribution in [2.45, 2.75) is 78.1 Å². The second-order valence-electron chi connectivity index (χ2n) is 6.82. The second-order valence-corrected chi connectivity index (χ2v) is 6.82. The Hall–Kier alpha value is -2.28. The van der Waals surface area contributed by atoms with Crippen molar-refractivity contribution in [1.82, 2.24) is 0 Å². The zero-order chi connectivity index (χ0) is 21.2. The van der Waals surface area contributed by atoms with Gasteiger partial charge < -0.3 is 9.47 Å². The summed E-state index contributed by atoms with van der Waals surface area (Å²) in [5.41, 5.74) is 0.240. The molecule has 0 aliphatic rings. The number of rotatable bonds is 16. The van der Waals surface area contributed by atoms with Gasteiger partial charge in [-0.25, -0.2) is 14.5 Å². The second kappa shape index (κ2) is 16.7. The van der Waals surface area contributed by atoms with Crippen LogP contribution in [-0.2, 0) is 19.6 Å². The molecule has 1 aromatic rings. The van der Waals surface area contributed by atoms with Gasteiger partial charge in [-0.1, -0.05) is 65.2 Å². The van der Waals surface area contributed by atoms with Crippen LogP contribution in [0.2, 0.25) is 0 Å². The summed E-state index contributed by atoms with van der Waals surface area (Å²) >= 11 is 0. The molecule has 29 heavy (non-hydrogen) atoms. The highest BCUT2D eigenvalue weighted by Gasteiger charge is 2.12. The van der Waals surface area contributed by atoms with E-state index in [1.807, 2.05) is 0 Å². The quantitative estimate of drug-likeness (QED) is 0.140. The summed E-state index contributed by atoms with van der Waals surface area (Å²) in [4.78, 5) is 31.9. The van der Waals surface area contributed by atoms with Crippen LogP contribution in [0.1, 0.15) is 88.4 Å². The predicted molar refractivity (Wildman–Crippen MR) is 108 cm³/mol. The molecule has 0 amide bonds. The van der Waals surface area contributed by atoms with Gasteiger partial charge in [0.1, 0.15) is 5.75 Å². The molecule has 7 heteroatoms. The highest BCUT2D eigenvalue weighted by molar-refractivity contribution is 5.89. The fourth-order valence-corrected chi connectivity index (χ4v) is 2.56. The molecule has 0 bridgehead atoms. The molecule has 0 spiro atoms. The van der Waals surface area contributed by atoms with Gasteiger partial charge in [0.2, 0.25) is 0 Å². The van der Waals surface area contributed by atoms with Crippen LogP contribution < -0.4 is 4.74 Å². The lowest BCUT2D eigenvalue weighted by Gasteiger charge is -2.06. The van der Waals surface area contributed by atoms with Crippen LogP contribution in [0.3, 0.4) is 0 Å². The molecule has 0 atom stereocenters. The number of carbonyl (C=O) groups is 2. The molecule has 0 unspecified atom stereocenters. The fourth-order valence-electron chi connectivity index (χ4n) is 2.56. The van der Waals surface area contributed by atoms with Gasteiger partial charge in [0.25, 0.3) is 0 Å². The van der Waals surface area contributed by atoms with E-state index in [1.165, 1.54) is 44.2 Å². The monoisotopic (exact) mass is 410 g/mol. The van der Waals surface area contributed by atoms with Gasteiger partial charge in [0, 0.05) is 0 Å². The molecule has 1 aromatic carbocycles. The molecule has 0 N–H and O–H groups in total. The van der Waals surface area contributed by atoms with E-state index in [4.69, 9.17) is 9.47 Å². The first-order valence-electron chi connectivity index (χ1n) is 10.6. The van der Waals surface area contributed by atoms with Crippen molar-refractivity contribution in [2.24, 2.45) is 0 Å². The maximum Gasteiger partial charge on any atom is 0.543 e. The maximum absolute atomic E-state index is 11.8. The maximum atomic E-state index is 11.8. The summed E-state index contributed by atoms with van der Waals surface area (Å²) in [6, 6.07) is 6.39. The van der Waals surface area contributed by atoms with Crippen molar-refractivity contribution < 1.29 is 33.9 Å². The molecule has 164 valence electrons. The molecule has 0 aliphatic heterocycles. The Balaban J connectivity index is 2.06. The van der Waals surface area contributed by atoms with Crippen LogP contribution >= 0.6 is 0 Å². The van der Waals surface area contributed by atoms with Crippen molar-refractivity contribution in [3.8, 4) is 5.75 Å². The van der Waals surface area contributed by atoms with Crippen molar-refractivity contribution >= 4 is 12.1 Å². The lowest BCUT2D eigenvalue weighted by atomic mass is 10.1. The molecule has 7 nitrogen and oxygen atoms in total. The van der Waals surface area contributed by atoms with Crippen LogP contribution in [0, 0.1) is 0 Å². The highest BCUT2D eigenvalue weighted by atomic mass is 17.5. The van der Waals surface area contributed by atoms with Crippen LogP contribution in [0.15, 0.2) is 24.3 Å². The average molecular weight is 411 g/mol. The first kappa shape index (κ1) is 24.8. The first-order chi connectivity index (χ1) is 14.2. The van der Waals surface area contributed by atoms with Gasteiger partial charge in [-0.05, 0) is 37.1 Å². The van der Waals surface area contributed by atoms with E-state index in [0.717, 1.165) is 32.1 Å². The van der Waals surface area contributed by atoms with E-state index in [2.05, 4.69) is 28.7 Å². The van der Waals surface area contributed by atoms with Crippen LogP contribution in [0.5, 0.6) is 5.75 Å². The van der Waals surface area contributed by atoms with Crippen molar-refractivity contribution in [3.63, 3.8) is 0 Å². The SMILES string of the molecule is CCCCCCCCCCOC(=O)OOOC(=O)c1ccc(OCCCC)cc1. The number of hydrogen-bond acceptors (Lipinski definition) is 7. The van der Waals surface area contributed by atoms with E-state index >= 15 is 0 Å². The number of benzene rings is 1. The predicted octanol–water partition coefficient (Wildman–Crippen LogP) is 6.16. The van der Waals surface area contributed by atoms with E-state index in [1.54, 1.807) is 12.1 Å². The van der Waals surface area contributed by atoms with Crippen molar-refractivity contribution in [1.29, 1.82) is 0 Å². The van der Waals surface area contributed by atoms with Gasteiger partial charge in [-0.2, -0.15) is 0 Å². The zero-order valence-electron chi connectivity index (χ0n) is 17.7. The fraction of sp³-hybridized carbons (Fsp3) is 0.636. The molecule has 0 radical (unpaired) electrons. The molecule has 0 saturated carbocycles. The molecular weight excluding hydrogens is 376 g/mol. The molecule has 0 saturated heterocycles. The molecule has 0 heterocycles. The standard InChI is InChI=1S/C22H34O7/c1-3-5-7-8-9-10-11-12-18-26-22(24)28-29-27-21(23)19-13-15-20(16-14-19)25-17-6-4-2/h13-16H,3-12,17-18H2,1-2H3. The molecule has 0 aliphatic carbocycles. The summed E-state index contributed by atoms with van der Waals surface area (Å²) in [5, 5.41) is 4.20. The van der Waals surface area contributed by atoms with Gasteiger partial charge >= 0.3 is 12.1 Å². The van der Waals surface area contributed by atoms with Gasteiger partial charge in [-0.3, -0.25) is 4.89 Å². The lowest BCUT2D eigenvalue weighted by molar-refractivity contribution is -0.452. The minimum Gasteiger partial charge on any atom is -0.494 e. The van der Waals surface area contributed by atoms with Crippen molar-refractivity contribution in [3.05, 3.63) is 29.8 Å². The lowest BCUT2D eigenvalue weighted by Crippen LogP contribution is -2.12. The van der Waals surface area contributed by atoms with Gasteiger partial charge in [-0.15, -0.1) is 0 Å². The molecule has 0 aromatic heterocycles. The Labute approximate surface area is 173 Å². The molecular formula is C22H34O7. The Bertz CT molecular complexity index is 557. The third-order valence-electron chi connectivity index (χ3n) is 4.29. The normalized spacial score (nSPS) is 10.4. The summed E-state index contributed by atoms with van der Waals surface area (Å²) in [6.07, 6.45) is 10.1. The molecule has 1 rings (SSSR count). The topological polar surface area (TPSA) is 80.3 Å². The third-order valence-corrected chi connectivity index (χ3v) is 4.29. The average Bonchev–Trinajstić information content (AvgIpc) is 2.73. The van der Waals surface area contributed by atoms with Crippen LogP contribution in [0.4, 0.5) is 4.79 Å². The van der Waals surface area contributed by atoms with Gasteiger partial charge in [0.15, 0.2) is 0 Å². The van der Waals surface area contributed by atoms with Crippen molar-refractivity contribution in [2.75, 3.05) is 13.2 Å². The van der Waals surface area contributed by atoms with E-state index in [9.17, 15) is 9.59 Å². The minimum absolute atomic E-state index is 0.240. The summed E-state index contributed by atoms with van der Waals surface area (Å²) in [5.74, 6) is -0.127.